The number of rotatable bonds is 7. The fraction of sp³-hybridized carbons (Fsp3) is 0.364. The van der Waals surface area contributed by atoms with E-state index in [0.29, 0.717) is 22.5 Å². The predicted octanol–water partition coefficient (Wildman–Crippen LogP) is 4.67. The number of hydrogen-bond acceptors (Lipinski definition) is 3. The Morgan fingerprint density at radius 3 is 2.50 bits per heavy atom. The second kappa shape index (κ2) is 9.59. The van der Waals surface area contributed by atoms with E-state index in [9.17, 15) is 8.42 Å². The maximum absolute atomic E-state index is 12.7. The van der Waals surface area contributed by atoms with Gasteiger partial charge in [-0.05, 0) is 66.1 Å². The van der Waals surface area contributed by atoms with Gasteiger partial charge in [0, 0.05) is 18.3 Å². The van der Waals surface area contributed by atoms with Crippen LogP contribution in [0.1, 0.15) is 42.9 Å². The summed E-state index contributed by atoms with van der Waals surface area (Å²) < 4.78 is 28.1. The van der Waals surface area contributed by atoms with Gasteiger partial charge in [-0.15, -0.1) is 19.0 Å². The number of nitrogens with one attached hydrogen (secondary N) is 2. The first-order valence-corrected chi connectivity index (χ1v) is 11.0. The van der Waals surface area contributed by atoms with Gasteiger partial charge in [0.2, 0.25) is 0 Å². The van der Waals surface area contributed by atoms with Crippen molar-refractivity contribution in [3.63, 3.8) is 0 Å². The van der Waals surface area contributed by atoms with Crippen LogP contribution in [-0.2, 0) is 22.9 Å². The molecule has 2 N–H and O–H groups in total. The summed E-state index contributed by atoms with van der Waals surface area (Å²) in [7, 11) is -3.58. The fourth-order valence-corrected chi connectivity index (χ4v) is 4.54. The van der Waals surface area contributed by atoms with Crippen molar-refractivity contribution >= 4 is 28.1 Å². The Bertz CT molecular complexity index is 909. The summed E-state index contributed by atoms with van der Waals surface area (Å²) >= 11 is 0. The van der Waals surface area contributed by atoms with E-state index in [0.717, 1.165) is 31.4 Å². The zero-order chi connectivity index (χ0) is 19.4. The summed E-state index contributed by atoms with van der Waals surface area (Å²) in [6.07, 6.45) is 4.84. The van der Waals surface area contributed by atoms with Gasteiger partial charge in [0.05, 0.1) is 4.90 Å². The molecule has 0 saturated carbocycles. The number of aryl methyl sites for hydroxylation is 1. The lowest BCUT2D eigenvalue weighted by molar-refractivity contribution is 0.480. The standard InChI is InChI=1S/C22H28N2O2S.ClH/c1-4-13-23-20-9-5-19-15-21(10-6-18(19)14-20)24-27(25,26)22-11-7-17(8-12-22)16(2)3;/h4,6-8,10-12,15-16,20,23-24H,1,5,9,13-14H2,2-3H3;1H/t20-;/m1./s1. The molecule has 0 amide bonds. The molecular formula is C22H29ClN2O2S. The first-order chi connectivity index (χ1) is 12.9. The van der Waals surface area contributed by atoms with Crippen LogP contribution in [-0.4, -0.2) is 21.0 Å². The Labute approximate surface area is 174 Å². The average molecular weight is 421 g/mol. The minimum atomic E-state index is -3.58. The molecule has 1 atom stereocenters. The van der Waals surface area contributed by atoms with Gasteiger partial charge in [-0.2, -0.15) is 0 Å². The van der Waals surface area contributed by atoms with E-state index in [-0.39, 0.29) is 12.4 Å². The molecule has 0 bridgehead atoms. The maximum atomic E-state index is 12.7. The summed E-state index contributed by atoms with van der Waals surface area (Å²) in [4.78, 5) is 0.290. The minimum absolute atomic E-state index is 0. The van der Waals surface area contributed by atoms with E-state index in [1.54, 1.807) is 12.1 Å². The van der Waals surface area contributed by atoms with Crippen LogP contribution in [0.4, 0.5) is 5.69 Å². The van der Waals surface area contributed by atoms with Crippen LogP contribution in [0.2, 0.25) is 0 Å². The number of halogens is 1. The highest BCUT2D eigenvalue weighted by atomic mass is 35.5. The molecule has 0 saturated heterocycles. The van der Waals surface area contributed by atoms with E-state index >= 15 is 0 Å². The second-order valence-corrected chi connectivity index (χ2v) is 9.13. The topological polar surface area (TPSA) is 58.2 Å². The lowest BCUT2D eigenvalue weighted by Crippen LogP contribution is -2.34. The summed E-state index contributed by atoms with van der Waals surface area (Å²) in [5.74, 6) is 0.375. The molecule has 1 aliphatic carbocycles. The Balaban J connectivity index is 0.00000280. The molecule has 0 fully saturated rings. The molecule has 28 heavy (non-hydrogen) atoms. The van der Waals surface area contributed by atoms with Crippen LogP contribution in [0, 0.1) is 0 Å². The molecule has 6 heteroatoms. The summed E-state index contributed by atoms with van der Waals surface area (Å²) in [6.45, 7) is 8.74. The van der Waals surface area contributed by atoms with Crippen LogP contribution in [0.5, 0.6) is 0 Å². The van der Waals surface area contributed by atoms with Crippen molar-refractivity contribution in [2.75, 3.05) is 11.3 Å². The molecule has 0 aromatic heterocycles. The third kappa shape index (κ3) is 5.37. The second-order valence-electron chi connectivity index (χ2n) is 7.45. The molecular weight excluding hydrogens is 392 g/mol. The molecule has 0 spiro atoms. The normalized spacial score (nSPS) is 16.2. The van der Waals surface area contributed by atoms with Gasteiger partial charge in [0.25, 0.3) is 10.0 Å². The van der Waals surface area contributed by atoms with Crippen LogP contribution < -0.4 is 10.0 Å². The van der Waals surface area contributed by atoms with E-state index in [1.807, 2.05) is 36.4 Å². The largest absolute Gasteiger partial charge is 0.310 e. The SMILES string of the molecule is C=CCN[C@@H]1CCc2cc(NS(=O)(=O)c3ccc(C(C)C)cc3)ccc2C1.Cl. The number of sulfonamides is 1. The highest BCUT2D eigenvalue weighted by Crippen LogP contribution is 2.26. The van der Waals surface area contributed by atoms with E-state index in [1.165, 1.54) is 11.1 Å². The predicted molar refractivity (Wildman–Crippen MR) is 119 cm³/mol. The Kier molecular flexibility index (Phi) is 7.70. The van der Waals surface area contributed by atoms with Crippen molar-refractivity contribution in [3.8, 4) is 0 Å². The monoisotopic (exact) mass is 420 g/mol. The van der Waals surface area contributed by atoms with E-state index < -0.39 is 10.0 Å². The van der Waals surface area contributed by atoms with Gasteiger partial charge in [-0.1, -0.05) is 38.1 Å². The van der Waals surface area contributed by atoms with Crippen LogP contribution >= 0.6 is 12.4 Å². The van der Waals surface area contributed by atoms with Gasteiger partial charge < -0.3 is 5.32 Å². The number of fused-ring (bicyclic) bond motifs is 1. The number of hydrogen-bond donors (Lipinski definition) is 2. The van der Waals surface area contributed by atoms with Crippen LogP contribution in [0.3, 0.4) is 0 Å². The summed E-state index contributed by atoms with van der Waals surface area (Å²) in [5.41, 5.74) is 4.26. The van der Waals surface area contributed by atoms with Gasteiger partial charge in [-0.25, -0.2) is 8.42 Å². The molecule has 4 nitrogen and oxygen atoms in total. The van der Waals surface area contributed by atoms with Crippen LogP contribution in [0.15, 0.2) is 60.0 Å². The van der Waals surface area contributed by atoms with E-state index in [2.05, 4.69) is 30.5 Å². The maximum Gasteiger partial charge on any atom is 0.261 e. The van der Waals surface area contributed by atoms with Gasteiger partial charge in [0.1, 0.15) is 0 Å². The average Bonchev–Trinajstić information content (AvgIpc) is 2.66. The molecule has 0 heterocycles. The molecule has 0 radical (unpaired) electrons. The molecule has 0 aliphatic heterocycles. The van der Waals surface area contributed by atoms with Crippen molar-refractivity contribution in [1.82, 2.24) is 5.32 Å². The van der Waals surface area contributed by atoms with Gasteiger partial charge >= 0.3 is 0 Å². The quantitative estimate of drug-likeness (QED) is 0.640. The zero-order valence-electron chi connectivity index (χ0n) is 16.4. The summed E-state index contributed by atoms with van der Waals surface area (Å²) in [6, 6.07) is 13.4. The van der Waals surface area contributed by atoms with Crippen molar-refractivity contribution in [1.29, 1.82) is 0 Å². The number of anilines is 1. The van der Waals surface area contributed by atoms with Gasteiger partial charge in [0.15, 0.2) is 0 Å². The van der Waals surface area contributed by atoms with Crippen LogP contribution in [0.25, 0.3) is 0 Å². The third-order valence-electron chi connectivity index (χ3n) is 5.09. The van der Waals surface area contributed by atoms with Crippen molar-refractivity contribution in [2.24, 2.45) is 0 Å². The first-order valence-electron chi connectivity index (χ1n) is 9.48. The summed E-state index contributed by atoms with van der Waals surface area (Å²) in [5, 5.41) is 3.47. The van der Waals surface area contributed by atoms with Crippen molar-refractivity contribution < 1.29 is 8.42 Å². The zero-order valence-corrected chi connectivity index (χ0v) is 18.1. The third-order valence-corrected chi connectivity index (χ3v) is 6.49. The Hall–Kier alpha value is -1.82. The smallest absolute Gasteiger partial charge is 0.261 e. The molecule has 0 unspecified atom stereocenters. The highest BCUT2D eigenvalue weighted by Gasteiger charge is 2.20. The van der Waals surface area contributed by atoms with Gasteiger partial charge in [-0.3, -0.25) is 4.72 Å². The van der Waals surface area contributed by atoms with Crippen molar-refractivity contribution in [2.45, 2.75) is 50.0 Å². The molecule has 1 aliphatic rings. The minimum Gasteiger partial charge on any atom is -0.310 e. The molecule has 2 aromatic rings. The molecule has 2 aromatic carbocycles. The lowest BCUT2D eigenvalue weighted by Gasteiger charge is -2.25. The molecule has 152 valence electrons. The van der Waals surface area contributed by atoms with E-state index in [4.69, 9.17) is 0 Å². The lowest BCUT2D eigenvalue weighted by atomic mass is 9.88. The number of benzene rings is 2. The fourth-order valence-electron chi connectivity index (χ4n) is 3.49. The Morgan fingerprint density at radius 2 is 1.86 bits per heavy atom. The highest BCUT2D eigenvalue weighted by molar-refractivity contribution is 7.92. The van der Waals surface area contributed by atoms with Crippen molar-refractivity contribution in [3.05, 3.63) is 71.8 Å². The Morgan fingerprint density at radius 1 is 1.14 bits per heavy atom. The molecule has 3 rings (SSSR count). The first kappa shape index (κ1) is 22.5.